The van der Waals surface area contributed by atoms with Crippen molar-refractivity contribution >= 4 is 35.2 Å². The number of benzene rings is 3. The number of hydrogen-bond acceptors (Lipinski definition) is 3. The summed E-state index contributed by atoms with van der Waals surface area (Å²) < 4.78 is 5.75. The molecule has 0 radical (unpaired) electrons. The molecule has 0 fully saturated rings. The first-order valence-corrected chi connectivity index (χ1v) is 9.84. The van der Waals surface area contributed by atoms with Gasteiger partial charge < -0.3 is 15.4 Å². The van der Waals surface area contributed by atoms with Crippen LogP contribution in [0.1, 0.15) is 34.5 Å². The van der Waals surface area contributed by atoms with Crippen molar-refractivity contribution in [2.24, 2.45) is 0 Å². The van der Waals surface area contributed by atoms with Gasteiger partial charge in [0.05, 0.1) is 11.7 Å². The fourth-order valence-corrected chi connectivity index (χ4v) is 3.24. The molecule has 6 heteroatoms. The predicted molar refractivity (Wildman–Crippen MR) is 117 cm³/mol. The average Bonchev–Trinajstić information content (AvgIpc) is 2.76. The number of carbonyl (C=O) groups is 2. The monoisotopic (exact) mass is 418 g/mol. The lowest BCUT2D eigenvalue weighted by Gasteiger charge is -2.21. The number of hydrogen-bond donors (Lipinski definition) is 2. The second-order valence-electron chi connectivity index (χ2n) is 6.93. The summed E-state index contributed by atoms with van der Waals surface area (Å²) in [5, 5.41) is 6.36. The molecule has 0 bridgehead atoms. The van der Waals surface area contributed by atoms with Crippen LogP contribution < -0.4 is 15.4 Å². The van der Waals surface area contributed by atoms with Crippen LogP contribution in [0.4, 0.5) is 5.69 Å². The van der Waals surface area contributed by atoms with E-state index in [1.807, 2.05) is 37.3 Å². The Labute approximate surface area is 179 Å². The van der Waals surface area contributed by atoms with E-state index in [4.69, 9.17) is 16.3 Å². The largest absolute Gasteiger partial charge is 0.449 e. The number of amides is 2. The van der Waals surface area contributed by atoms with Crippen molar-refractivity contribution in [1.29, 1.82) is 0 Å². The van der Waals surface area contributed by atoms with Crippen LogP contribution in [0.25, 0.3) is 6.08 Å². The van der Waals surface area contributed by atoms with Gasteiger partial charge in [-0.3, -0.25) is 9.59 Å². The Morgan fingerprint density at radius 2 is 1.80 bits per heavy atom. The summed E-state index contributed by atoms with van der Waals surface area (Å²) in [6, 6.07) is 21.6. The normalized spacial score (nSPS) is 15.0. The molecule has 1 aliphatic rings. The van der Waals surface area contributed by atoms with E-state index < -0.39 is 0 Å². The van der Waals surface area contributed by atoms with Crippen molar-refractivity contribution in [2.45, 2.75) is 13.0 Å². The Kier molecular flexibility index (Phi) is 5.55. The molecule has 0 aromatic heterocycles. The van der Waals surface area contributed by atoms with Crippen LogP contribution in [-0.4, -0.2) is 11.8 Å². The minimum absolute atomic E-state index is 0.144. The quantitative estimate of drug-likeness (QED) is 0.572. The van der Waals surface area contributed by atoms with Crippen molar-refractivity contribution in [3.8, 4) is 5.75 Å². The Balaban J connectivity index is 1.51. The van der Waals surface area contributed by atoms with Gasteiger partial charge >= 0.3 is 0 Å². The van der Waals surface area contributed by atoms with Crippen LogP contribution in [0, 0.1) is 0 Å². The molecule has 0 aliphatic carbocycles. The third-order valence-corrected chi connectivity index (χ3v) is 5.00. The summed E-state index contributed by atoms with van der Waals surface area (Å²) in [6.45, 7) is 1.92. The molecule has 1 atom stereocenters. The van der Waals surface area contributed by atoms with Crippen molar-refractivity contribution in [3.05, 3.63) is 100 Å². The molecule has 0 saturated carbocycles. The number of nitrogens with one attached hydrogen (secondary N) is 2. The minimum atomic E-state index is -0.382. The highest BCUT2D eigenvalue weighted by molar-refractivity contribution is 6.30. The van der Waals surface area contributed by atoms with Crippen molar-refractivity contribution in [1.82, 2.24) is 5.32 Å². The summed E-state index contributed by atoms with van der Waals surface area (Å²) in [6.07, 6.45) is 1.64. The highest BCUT2D eigenvalue weighted by Gasteiger charge is 2.23. The summed E-state index contributed by atoms with van der Waals surface area (Å²) in [5.41, 5.74) is 2.69. The van der Waals surface area contributed by atoms with E-state index in [2.05, 4.69) is 10.6 Å². The SMILES string of the molecule is CC(NC(=O)c1ccc2c(c1)NC(=O)/C(=C/c1ccc(Cl)cc1)O2)c1ccccc1. The van der Waals surface area contributed by atoms with Crippen LogP contribution >= 0.6 is 11.6 Å². The van der Waals surface area contributed by atoms with E-state index in [1.165, 1.54) is 0 Å². The zero-order chi connectivity index (χ0) is 21.1. The lowest BCUT2D eigenvalue weighted by atomic mass is 10.1. The summed E-state index contributed by atoms with van der Waals surface area (Å²) in [7, 11) is 0. The van der Waals surface area contributed by atoms with Crippen LogP contribution in [0.2, 0.25) is 5.02 Å². The molecular formula is C24H19ClN2O3. The van der Waals surface area contributed by atoms with Gasteiger partial charge in [-0.25, -0.2) is 0 Å². The standard InChI is InChI=1S/C24H19ClN2O3/c1-15(17-5-3-2-4-6-17)26-23(28)18-9-12-21-20(14-18)27-24(29)22(30-21)13-16-7-10-19(25)11-8-16/h2-15H,1H3,(H,26,28)(H,27,29)/b22-13-. The minimum Gasteiger partial charge on any atom is -0.449 e. The van der Waals surface area contributed by atoms with E-state index in [1.54, 1.807) is 48.5 Å². The number of fused-ring (bicyclic) bond motifs is 1. The molecule has 3 aromatic rings. The topological polar surface area (TPSA) is 67.4 Å². The van der Waals surface area contributed by atoms with Crippen LogP contribution in [0.15, 0.2) is 78.6 Å². The van der Waals surface area contributed by atoms with E-state index >= 15 is 0 Å². The molecule has 3 aromatic carbocycles. The summed E-state index contributed by atoms with van der Waals surface area (Å²) in [4.78, 5) is 25.1. The first-order chi connectivity index (χ1) is 14.5. The summed E-state index contributed by atoms with van der Waals surface area (Å²) in [5.74, 6) is 0.0285. The van der Waals surface area contributed by atoms with Crippen LogP contribution in [-0.2, 0) is 4.79 Å². The number of ether oxygens (including phenoxy) is 1. The first kappa shape index (κ1) is 19.7. The first-order valence-electron chi connectivity index (χ1n) is 9.46. The van der Waals surface area contributed by atoms with Gasteiger partial charge in [0.25, 0.3) is 11.8 Å². The van der Waals surface area contributed by atoms with Crippen molar-refractivity contribution < 1.29 is 14.3 Å². The molecule has 2 amide bonds. The molecule has 0 spiro atoms. The number of anilines is 1. The maximum atomic E-state index is 12.6. The fraction of sp³-hybridized carbons (Fsp3) is 0.0833. The lowest BCUT2D eigenvalue weighted by Crippen LogP contribution is -2.27. The lowest BCUT2D eigenvalue weighted by molar-refractivity contribution is -0.115. The van der Waals surface area contributed by atoms with Gasteiger partial charge in [0.1, 0.15) is 0 Å². The maximum absolute atomic E-state index is 12.6. The average molecular weight is 419 g/mol. The number of halogens is 1. The summed E-state index contributed by atoms with van der Waals surface area (Å²) >= 11 is 5.89. The van der Waals surface area contributed by atoms with E-state index in [-0.39, 0.29) is 23.6 Å². The smallest absolute Gasteiger partial charge is 0.291 e. The van der Waals surface area contributed by atoms with Gasteiger partial charge in [0.15, 0.2) is 11.5 Å². The van der Waals surface area contributed by atoms with Crippen molar-refractivity contribution in [3.63, 3.8) is 0 Å². The third kappa shape index (κ3) is 4.36. The number of rotatable bonds is 4. The van der Waals surface area contributed by atoms with E-state index in [0.29, 0.717) is 22.0 Å². The maximum Gasteiger partial charge on any atom is 0.291 e. The Bertz CT molecular complexity index is 1120. The Morgan fingerprint density at radius 1 is 1.07 bits per heavy atom. The van der Waals surface area contributed by atoms with Gasteiger partial charge in [-0.05, 0) is 54.5 Å². The van der Waals surface area contributed by atoms with Gasteiger partial charge in [-0.1, -0.05) is 54.1 Å². The van der Waals surface area contributed by atoms with E-state index in [0.717, 1.165) is 11.1 Å². The zero-order valence-corrected chi connectivity index (χ0v) is 16.9. The van der Waals surface area contributed by atoms with Gasteiger partial charge in [-0.2, -0.15) is 0 Å². The molecule has 1 unspecified atom stereocenters. The Hall–Kier alpha value is -3.57. The fourth-order valence-electron chi connectivity index (χ4n) is 3.12. The molecule has 0 saturated heterocycles. The third-order valence-electron chi connectivity index (χ3n) is 4.75. The molecule has 1 aliphatic heterocycles. The highest BCUT2D eigenvalue weighted by atomic mass is 35.5. The molecule has 5 nitrogen and oxygen atoms in total. The van der Waals surface area contributed by atoms with Crippen LogP contribution in [0.5, 0.6) is 5.75 Å². The van der Waals surface area contributed by atoms with Gasteiger partial charge in [-0.15, -0.1) is 0 Å². The molecule has 1 heterocycles. The molecule has 4 rings (SSSR count). The van der Waals surface area contributed by atoms with Gasteiger partial charge in [0.2, 0.25) is 0 Å². The second-order valence-corrected chi connectivity index (χ2v) is 7.37. The number of carbonyl (C=O) groups excluding carboxylic acids is 2. The second kappa shape index (κ2) is 8.43. The molecule has 150 valence electrons. The zero-order valence-electron chi connectivity index (χ0n) is 16.2. The predicted octanol–water partition coefficient (Wildman–Crippen LogP) is 5.20. The van der Waals surface area contributed by atoms with Crippen molar-refractivity contribution in [2.75, 3.05) is 5.32 Å². The molecular weight excluding hydrogens is 400 g/mol. The Morgan fingerprint density at radius 3 is 2.53 bits per heavy atom. The van der Waals surface area contributed by atoms with E-state index in [9.17, 15) is 9.59 Å². The molecule has 30 heavy (non-hydrogen) atoms. The van der Waals surface area contributed by atoms with Gasteiger partial charge in [0, 0.05) is 10.6 Å². The molecule has 2 N–H and O–H groups in total. The highest BCUT2D eigenvalue weighted by Crippen LogP contribution is 2.32. The van der Waals surface area contributed by atoms with Crippen LogP contribution in [0.3, 0.4) is 0 Å².